The lowest BCUT2D eigenvalue weighted by molar-refractivity contribution is 0.453. The zero-order valence-electron chi connectivity index (χ0n) is 14.4. The molecule has 146 valence electrons. The molecule has 29 heavy (non-hydrogen) atoms. The Morgan fingerprint density at radius 1 is 1.03 bits per heavy atom. The van der Waals surface area contributed by atoms with Crippen molar-refractivity contribution >= 4 is 57.0 Å². The van der Waals surface area contributed by atoms with Crippen molar-refractivity contribution in [1.82, 2.24) is 0 Å². The Labute approximate surface area is 172 Å². The Balaban J connectivity index is 1.88. The van der Waals surface area contributed by atoms with Crippen molar-refractivity contribution in [2.75, 3.05) is 5.43 Å². The third-order valence-corrected chi connectivity index (χ3v) is 4.94. The van der Waals surface area contributed by atoms with Crippen LogP contribution in [-0.4, -0.2) is 16.4 Å². The number of benzene rings is 3. The first-order valence-electron chi connectivity index (χ1n) is 8.21. The van der Waals surface area contributed by atoms with Gasteiger partial charge in [-0.3, -0.25) is 10.2 Å². The summed E-state index contributed by atoms with van der Waals surface area (Å²) in [5, 5.41) is 23.3. The van der Waals surface area contributed by atoms with Crippen molar-refractivity contribution in [3.05, 3.63) is 74.1 Å². The topological polar surface area (TPSA) is 95.1 Å². The standard InChI is InChI=1S/C20H11Cl2FN2O4/c21-14-17(27)13-16(26)12-6-1-3-9(19(12)29-20(13)15(22)18(14)28)8-24-25-11-5-2-4-10(23)7-11/h1-8,25,27-28H/b24-8+. The van der Waals surface area contributed by atoms with Gasteiger partial charge in [-0.15, -0.1) is 0 Å². The lowest BCUT2D eigenvalue weighted by Crippen LogP contribution is -2.04. The zero-order chi connectivity index (χ0) is 20.7. The predicted octanol–water partition coefficient (Wildman–Crippen LogP) is 5.25. The van der Waals surface area contributed by atoms with Crippen LogP contribution in [0.5, 0.6) is 11.5 Å². The summed E-state index contributed by atoms with van der Waals surface area (Å²) in [5.74, 6) is -1.63. The molecule has 3 aromatic carbocycles. The largest absolute Gasteiger partial charge is 0.505 e. The maximum atomic E-state index is 13.2. The average molecular weight is 433 g/mol. The number of aromatic hydroxyl groups is 2. The number of phenolic OH excluding ortho intramolecular Hbond substituents is 2. The Morgan fingerprint density at radius 2 is 1.79 bits per heavy atom. The van der Waals surface area contributed by atoms with Gasteiger partial charge in [0.15, 0.2) is 17.1 Å². The molecular formula is C20H11Cl2FN2O4. The number of fused-ring (bicyclic) bond motifs is 2. The number of rotatable bonds is 3. The van der Waals surface area contributed by atoms with Crippen molar-refractivity contribution in [2.24, 2.45) is 5.10 Å². The molecule has 0 radical (unpaired) electrons. The molecule has 0 saturated heterocycles. The monoisotopic (exact) mass is 432 g/mol. The summed E-state index contributed by atoms with van der Waals surface area (Å²) >= 11 is 11.9. The van der Waals surface area contributed by atoms with Crippen molar-refractivity contribution in [2.45, 2.75) is 0 Å². The van der Waals surface area contributed by atoms with Crippen LogP contribution in [0.1, 0.15) is 5.56 Å². The first-order valence-corrected chi connectivity index (χ1v) is 8.97. The van der Waals surface area contributed by atoms with E-state index in [-0.39, 0.29) is 27.0 Å². The normalized spacial score (nSPS) is 11.6. The summed E-state index contributed by atoms with van der Waals surface area (Å²) < 4.78 is 19.0. The van der Waals surface area contributed by atoms with Gasteiger partial charge in [-0.2, -0.15) is 5.10 Å². The lowest BCUT2D eigenvalue weighted by atomic mass is 10.1. The van der Waals surface area contributed by atoms with Crippen LogP contribution in [0.25, 0.3) is 21.9 Å². The quantitative estimate of drug-likeness (QED) is 0.233. The van der Waals surface area contributed by atoms with Crippen molar-refractivity contribution in [3.8, 4) is 11.5 Å². The highest BCUT2D eigenvalue weighted by Gasteiger charge is 2.22. The molecule has 1 aromatic heterocycles. The smallest absolute Gasteiger partial charge is 0.204 e. The van der Waals surface area contributed by atoms with E-state index in [1.165, 1.54) is 30.5 Å². The van der Waals surface area contributed by atoms with Gasteiger partial charge in [0.25, 0.3) is 0 Å². The number of nitrogens with zero attached hydrogens (tertiary/aromatic N) is 1. The van der Waals surface area contributed by atoms with E-state index in [1.54, 1.807) is 18.2 Å². The van der Waals surface area contributed by atoms with Crippen LogP contribution in [0.3, 0.4) is 0 Å². The molecule has 4 rings (SSSR count). The van der Waals surface area contributed by atoms with E-state index in [1.807, 2.05) is 0 Å². The molecule has 0 aliphatic carbocycles. The van der Waals surface area contributed by atoms with Gasteiger partial charge in [0.05, 0.1) is 17.3 Å². The Bertz CT molecular complexity index is 1370. The van der Waals surface area contributed by atoms with E-state index in [2.05, 4.69) is 10.5 Å². The number of hydrogen-bond donors (Lipinski definition) is 3. The number of phenols is 2. The van der Waals surface area contributed by atoms with Gasteiger partial charge in [0.2, 0.25) is 5.43 Å². The second-order valence-corrected chi connectivity index (χ2v) is 6.82. The zero-order valence-corrected chi connectivity index (χ0v) is 15.9. The molecule has 9 heteroatoms. The van der Waals surface area contributed by atoms with Crippen LogP contribution in [0.4, 0.5) is 10.1 Å². The second-order valence-electron chi connectivity index (χ2n) is 6.06. The molecule has 0 amide bonds. The third-order valence-electron chi connectivity index (χ3n) is 4.23. The van der Waals surface area contributed by atoms with Gasteiger partial charge in [-0.05, 0) is 30.3 Å². The molecule has 1 heterocycles. The maximum absolute atomic E-state index is 13.2. The fourth-order valence-electron chi connectivity index (χ4n) is 2.87. The van der Waals surface area contributed by atoms with Crippen LogP contribution in [-0.2, 0) is 0 Å². The van der Waals surface area contributed by atoms with E-state index in [4.69, 9.17) is 27.6 Å². The predicted molar refractivity (Wildman–Crippen MR) is 111 cm³/mol. The maximum Gasteiger partial charge on any atom is 0.204 e. The number of hydrazone groups is 1. The molecule has 0 saturated carbocycles. The van der Waals surface area contributed by atoms with Gasteiger partial charge in [0, 0.05) is 5.56 Å². The van der Waals surface area contributed by atoms with E-state index in [0.717, 1.165) is 0 Å². The van der Waals surface area contributed by atoms with Crippen LogP contribution < -0.4 is 10.9 Å². The molecule has 0 unspecified atom stereocenters. The van der Waals surface area contributed by atoms with Gasteiger partial charge >= 0.3 is 0 Å². The number of hydrogen-bond acceptors (Lipinski definition) is 6. The first kappa shape index (κ1) is 19.0. The molecule has 0 fully saturated rings. The van der Waals surface area contributed by atoms with Gasteiger partial charge < -0.3 is 14.6 Å². The first-order chi connectivity index (χ1) is 13.9. The minimum absolute atomic E-state index is 0.137. The molecule has 0 spiro atoms. The van der Waals surface area contributed by atoms with Crippen molar-refractivity contribution in [3.63, 3.8) is 0 Å². The van der Waals surface area contributed by atoms with Crippen LogP contribution in [0, 0.1) is 5.82 Å². The SMILES string of the molecule is O=c1c2cccc(/C=N/Nc3cccc(F)c3)c2oc2c(Cl)c(O)c(Cl)c(O)c12. The fraction of sp³-hybridized carbons (Fsp3) is 0. The van der Waals surface area contributed by atoms with Gasteiger partial charge in [0.1, 0.15) is 26.8 Å². The Kier molecular flexibility index (Phi) is 4.77. The minimum Gasteiger partial charge on any atom is -0.505 e. The van der Waals surface area contributed by atoms with Crippen LogP contribution in [0.2, 0.25) is 10.0 Å². The molecular weight excluding hydrogens is 422 g/mol. The number of halogens is 3. The summed E-state index contributed by atoms with van der Waals surface area (Å²) in [6, 6.07) is 10.5. The summed E-state index contributed by atoms with van der Waals surface area (Å²) in [6.07, 6.45) is 1.38. The van der Waals surface area contributed by atoms with E-state index >= 15 is 0 Å². The van der Waals surface area contributed by atoms with E-state index in [0.29, 0.717) is 11.3 Å². The molecule has 0 aliphatic heterocycles. The lowest BCUT2D eigenvalue weighted by Gasteiger charge is -2.09. The summed E-state index contributed by atoms with van der Waals surface area (Å²) in [6.45, 7) is 0. The number of para-hydroxylation sites is 1. The second kappa shape index (κ2) is 7.27. The van der Waals surface area contributed by atoms with Gasteiger partial charge in [-0.1, -0.05) is 35.3 Å². The summed E-state index contributed by atoms with van der Waals surface area (Å²) in [7, 11) is 0. The number of nitrogens with one attached hydrogen (secondary N) is 1. The Morgan fingerprint density at radius 3 is 2.55 bits per heavy atom. The van der Waals surface area contributed by atoms with E-state index < -0.39 is 27.8 Å². The summed E-state index contributed by atoms with van der Waals surface area (Å²) in [4.78, 5) is 12.9. The summed E-state index contributed by atoms with van der Waals surface area (Å²) in [5.41, 5.74) is 2.88. The fourth-order valence-corrected chi connectivity index (χ4v) is 3.33. The highest BCUT2D eigenvalue weighted by molar-refractivity contribution is 6.42. The molecule has 0 bridgehead atoms. The van der Waals surface area contributed by atoms with E-state index in [9.17, 15) is 19.4 Å². The number of anilines is 1. The molecule has 0 atom stereocenters. The molecule has 3 N–H and O–H groups in total. The average Bonchev–Trinajstić information content (AvgIpc) is 2.71. The molecule has 4 aromatic rings. The minimum atomic E-state index is -0.619. The highest BCUT2D eigenvalue weighted by Crippen LogP contribution is 2.45. The third kappa shape index (κ3) is 3.24. The van der Waals surface area contributed by atoms with Crippen LogP contribution >= 0.6 is 23.2 Å². The molecule has 0 aliphatic rings. The Hall–Kier alpha value is -3.29. The van der Waals surface area contributed by atoms with Crippen LogP contribution in [0.15, 0.2) is 56.8 Å². The highest BCUT2D eigenvalue weighted by atomic mass is 35.5. The molecule has 6 nitrogen and oxygen atoms in total. The van der Waals surface area contributed by atoms with Crippen molar-refractivity contribution < 1.29 is 19.0 Å². The van der Waals surface area contributed by atoms with Gasteiger partial charge in [-0.25, -0.2) is 4.39 Å². The van der Waals surface area contributed by atoms with Crippen molar-refractivity contribution in [1.29, 1.82) is 0 Å².